The SMILES string of the molecule is O=C(O)C(CN1CCOCC1)CC(F)(F)C(F)(F)C(F)(F)C(F)F. The van der Waals surface area contributed by atoms with Gasteiger partial charge in [-0.3, -0.25) is 9.69 Å². The number of alkyl halides is 8. The van der Waals surface area contributed by atoms with Gasteiger partial charge >= 0.3 is 30.2 Å². The Bertz CT molecular complexity index is 440. The van der Waals surface area contributed by atoms with Crippen molar-refractivity contribution in [3.63, 3.8) is 0 Å². The quantitative estimate of drug-likeness (QED) is 0.665. The highest BCUT2D eigenvalue weighted by Gasteiger charge is 2.75. The van der Waals surface area contributed by atoms with Gasteiger partial charge in [0.1, 0.15) is 0 Å². The number of ether oxygens (including phenoxy) is 1. The van der Waals surface area contributed by atoms with E-state index in [1.807, 2.05) is 0 Å². The third kappa shape index (κ3) is 4.26. The number of aliphatic carboxylic acids is 1. The highest BCUT2D eigenvalue weighted by atomic mass is 19.4. The summed E-state index contributed by atoms with van der Waals surface area (Å²) in [6, 6.07) is 0. The summed E-state index contributed by atoms with van der Waals surface area (Å²) in [6.07, 6.45) is -7.23. The van der Waals surface area contributed by atoms with Crippen molar-refractivity contribution in [3.8, 4) is 0 Å². The van der Waals surface area contributed by atoms with E-state index in [-0.39, 0.29) is 26.3 Å². The lowest BCUT2D eigenvalue weighted by Crippen LogP contribution is -2.58. The second-order valence-corrected chi connectivity index (χ2v) is 5.35. The van der Waals surface area contributed by atoms with Crippen LogP contribution in [-0.4, -0.2) is 73.0 Å². The van der Waals surface area contributed by atoms with Crippen molar-refractivity contribution in [2.45, 2.75) is 30.6 Å². The van der Waals surface area contributed by atoms with Crippen molar-refractivity contribution in [3.05, 3.63) is 0 Å². The molecule has 1 saturated heterocycles. The fourth-order valence-corrected chi connectivity index (χ4v) is 2.14. The Balaban J connectivity index is 2.92. The molecule has 1 unspecified atom stereocenters. The number of nitrogens with zero attached hydrogens (tertiary/aromatic N) is 1. The first kappa shape index (κ1) is 20.9. The number of hydrogen-bond acceptors (Lipinski definition) is 3. The van der Waals surface area contributed by atoms with Gasteiger partial charge in [-0.05, 0) is 0 Å². The van der Waals surface area contributed by atoms with Gasteiger partial charge in [-0.2, -0.15) is 26.3 Å². The van der Waals surface area contributed by atoms with Gasteiger partial charge in [0.25, 0.3) is 0 Å². The summed E-state index contributed by atoms with van der Waals surface area (Å²) in [5.74, 6) is -22.4. The monoisotopic (exact) mass is 373 g/mol. The third-order valence-electron chi connectivity index (χ3n) is 3.59. The summed E-state index contributed by atoms with van der Waals surface area (Å²) in [5.41, 5.74) is 0. The minimum Gasteiger partial charge on any atom is -0.481 e. The second kappa shape index (κ2) is 7.38. The van der Waals surface area contributed by atoms with Crippen molar-refractivity contribution < 1.29 is 49.8 Å². The molecule has 1 heterocycles. The molecule has 142 valence electrons. The van der Waals surface area contributed by atoms with E-state index in [1.165, 1.54) is 4.90 Å². The van der Waals surface area contributed by atoms with Crippen molar-refractivity contribution in [2.75, 3.05) is 32.8 Å². The second-order valence-electron chi connectivity index (χ2n) is 5.35. The van der Waals surface area contributed by atoms with Crippen molar-refractivity contribution in [2.24, 2.45) is 5.92 Å². The molecule has 1 atom stereocenters. The van der Waals surface area contributed by atoms with Crippen LogP contribution in [0.3, 0.4) is 0 Å². The zero-order valence-electron chi connectivity index (χ0n) is 12.1. The number of carboxylic acids is 1. The molecule has 4 nitrogen and oxygen atoms in total. The van der Waals surface area contributed by atoms with Crippen LogP contribution >= 0.6 is 0 Å². The third-order valence-corrected chi connectivity index (χ3v) is 3.59. The summed E-state index contributed by atoms with van der Waals surface area (Å²) in [7, 11) is 0. The van der Waals surface area contributed by atoms with Crippen molar-refractivity contribution >= 4 is 5.97 Å². The molecule has 1 aliphatic rings. The van der Waals surface area contributed by atoms with E-state index in [4.69, 9.17) is 9.84 Å². The predicted octanol–water partition coefficient (Wildman–Crippen LogP) is 2.58. The first-order valence-corrected chi connectivity index (χ1v) is 6.77. The van der Waals surface area contributed by atoms with Crippen LogP contribution in [0.15, 0.2) is 0 Å². The summed E-state index contributed by atoms with van der Waals surface area (Å²) in [5, 5.41) is 8.87. The Morgan fingerprint density at radius 3 is 2.00 bits per heavy atom. The highest BCUT2D eigenvalue weighted by Crippen LogP contribution is 2.50. The Labute approximate surface area is 131 Å². The van der Waals surface area contributed by atoms with Gasteiger partial charge in [0.05, 0.1) is 19.1 Å². The van der Waals surface area contributed by atoms with Gasteiger partial charge in [0, 0.05) is 26.1 Å². The Hall–Kier alpha value is -1.17. The van der Waals surface area contributed by atoms with Gasteiger partial charge < -0.3 is 9.84 Å². The van der Waals surface area contributed by atoms with Gasteiger partial charge in [0.15, 0.2) is 0 Å². The summed E-state index contributed by atoms with van der Waals surface area (Å²) >= 11 is 0. The Morgan fingerprint density at radius 1 is 1.08 bits per heavy atom. The lowest BCUT2D eigenvalue weighted by atomic mass is 9.93. The summed E-state index contributed by atoms with van der Waals surface area (Å²) < 4.78 is 108. The molecule has 0 bridgehead atoms. The van der Waals surface area contributed by atoms with E-state index in [9.17, 15) is 39.9 Å². The van der Waals surface area contributed by atoms with Crippen molar-refractivity contribution in [1.29, 1.82) is 0 Å². The topological polar surface area (TPSA) is 49.8 Å². The lowest BCUT2D eigenvalue weighted by Gasteiger charge is -2.35. The normalized spacial score (nSPS) is 19.5. The smallest absolute Gasteiger partial charge is 0.377 e. The molecule has 0 aromatic rings. The van der Waals surface area contributed by atoms with Gasteiger partial charge in [-0.25, -0.2) is 8.78 Å². The first-order valence-electron chi connectivity index (χ1n) is 6.77. The molecule has 0 aromatic heterocycles. The molecule has 12 heteroatoms. The van der Waals surface area contributed by atoms with Gasteiger partial charge in [-0.15, -0.1) is 0 Å². The van der Waals surface area contributed by atoms with Crippen LogP contribution in [0.5, 0.6) is 0 Å². The van der Waals surface area contributed by atoms with E-state index in [0.29, 0.717) is 0 Å². The van der Waals surface area contributed by atoms with E-state index in [1.54, 1.807) is 0 Å². The molecule has 1 rings (SSSR count). The van der Waals surface area contributed by atoms with Gasteiger partial charge in [0.2, 0.25) is 0 Å². The van der Waals surface area contributed by atoms with Crippen LogP contribution < -0.4 is 0 Å². The van der Waals surface area contributed by atoms with Crippen LogP contribution in [0.4, 0.5) is 35.1 Å². The van der Waals surface area contributed by atoms with Crippen LogP contribution in [0.2, 0.25) is 0 Å². The maximum atomic E-state index is 13.6. The highest BCUT2D eigenvalue weighted by molar-refractivity contribution is 5.70. The zero-order valence-corrected chi connectivity index (χ0v) is 12.1. The minimum atomic E-state index is -6.40. The maximum absolute atomic E-state index is 13.6. The predicted molar refractivity (Wildman–Crippen MR) is 63.8 cm³/mol. The lowest BCUT2D eigenvalue weighted by molar-refractivity contribution is -0.341. The standard InChI is InChI=1S/C12H15F8NO3/c13-9(14)11(17,18)12(19,20)10(15,16)5-7(8(22)23)6-21-1-3-24-4-2-21/h7,9H,1-6H2,(H,22,23). The number of carboxylic acid groups (broad SMARTS) is 1. The molecule has 0 radical (unpaired) electrons. The number of rotatable bonds is 8. The fourth-order valence-electron chi connectivity index (χ4n) is 2.14. The van der Waals surface area contributed by atoms with Crippen molar-refractivity contribution in [1.82, 2.24) is 4.90 Å². The Morgan fingerprint density at radius 2 is 1.58 bits per heavy atom. The number of halogens is 8. The fraction of sp³-hybridized carbons (Fsp3) is 0.917. The molecule has 0 amide bonds. The average molecular weight is 373 g/mol. The van der Waals surface area contributed by atoms with E-state index < -0.39 is 49.0 Å². The van der Waals surface area contributed by atoms with Crippen LogP contribution in [0.1, 0.15) is 6.42 Å². The minimum absolute atomic E-state index is 0.138. The average Bonchev–Trinajstić information content (AvgIpc) is 2.46. The molecular weight excluding hydrogens is 358 g/mol. The summed E-state index contributed by atoms with van der Waals surface area (Å²) in [6.45, 7) is -0.0345. The number of morpholine rings is 1. The molecule has 0 spiro atoms. The molecule has 1 N–H and O–H groups in total. The zero-order chi connectivity index (χ0) is 18.8. The van der Waals surface area contributed by atoms with Crippen LogP contribution in [-0.2, 0) is 9.53 Å². The Kier molecular flexibility index (Phi) is 6.42. The molecular formula is C12H15F8NO3. The van der Waals surface area contributed by atoms with E-state index in [2.05, 4.69) is 0 Å². The largest absolute Gasteiger partial charge is 0.481 e. The number of hydrogen-bond donors (Lipinski definition) is 1. The molecule has 1 fully saturated rings. The maximum Gasteiger partial charge on any atom is 0.377 e. The molecule has 1 aliphatic heterocycles. The molecule has 0 saturated carbocycles. The molecule has 0 aromatic carbocycles. The van der Waals surface area contributed by atoms with Crippen LogP contribution in [0.25, 0.3) is 0 Å². The van der Waals surface area contributed by atoms with Gasteiger partial charge in [-0.1, -0.05) is 0 Å². The first-order chi connectivity index (χ1) is 10.8. The van der Waals surface area contributed by atoms with Crippen LogP contribution in [0, 0.1) is 5.92 Å². The molecule has 24 heavy (non-hydrogen) atoms. The van der Waals surface area contributed by atoms with E-state index in [0.717, 1.165) is 0 Å². The molecule has 0 aliphatic carbocycles. The van der Waals surface area contributed by atoms with E-state index >= 15 is 0 Å². The number of carbonyl (C=O) groups is 1. The summed E-state index contributed by atoms with van der Waals surface area (Å²) in [4.78, 5) is 12.3.